The molecule has 0 saturated carbocycles. The number of piperidine rings is 1. The zero-order valence-electron chi connectivity index (χ0n) is 16.5. The average molecular weight is 368 g/mol. The molecule has 6 nitrogen and oxygen atoms in total. The fraction of sp³-hybridized carbons (Fsp3) is 0.476. The number of amides is 1. The number of nitrogens with zero attached hydrogens (tertiary/aromatic N) is 3. The number of ether oxygens (including phenoxy) is 1. The lowest BCUT2D eigenvalue weighted by Gasteiger charge is -2.34. The molecule has 1 amide bonds. The molecule has 1 aromatic heterocycles. The maximum Gasteiger partial charge on any atom is 0.257 e. The Balaban J connectivity index is 1.67. The van der Waals surface area contributed by atoms with Gasteiger partial charge in [-0.25, -0.2) is 9.97 Å². The molecule has 1 aliphatic rings. The van der Waals surface area contributed by atoms with Gasteiger partial charge in [0.1, 0.15) is 11.6 Å². The van der Waals surface area contributed by atoms with E-state index in [1.807, 2.05) is 36.1 Å². The summed E-state index contributed by atoms with van der Waals surface area (Å²) >= 11 is 0. The fourth-order valence-corrected chi connectivity index (χ4v) is 3.35. The molecule has 27 heavy (non-hydrogen) atoms. The van der Waals surface area contributed by atoms with E-state index in [-0.39, 0.29) is 17.9 Å². The minimum absolute atomic E-state index is 0.0176. The van der Waals surface area contributed by atoms with Crippen LogP contribution in [0.4, 0.5) is 5.69 Å². The third kappa shape index (κ3) is 4.56. The Hall–Kier alpha value is -2.63. The molecule has 0 bridgehead atoms. The maximum atomic E-state index is 13.0. The normalized spacial score (nSPS) is 17.1. The van der Waals surface area contributed by atoms with E-state index in [1.54, 1.807) is 13.3 Å². The summed E-state index contributed by atoms with van der Waals surface area (Å²) in [5.41, 5.74) is 2.39. The number of nitrogens with one attached hydrogen (secondary N) is 1. The second-order valence-electron chi connectivity index (χ2n) is 7.35. The Morgan fingerprint density at radius 1 is 1.30 bits per heavy atom. The van der Waals surface area contributed by atoms with Gasteiger partial charge in [0.2, 0.25) is 0 Å². The van der Waals surface area contributed by atoms with Crippen molar-refractivity contribution in [1.82, 2.24) is 14.9 Å². The molecular weight excluding hydrogens is 340 g/mol. The fourth-order valence-electron chi connectivity index (χ4n) is 3.35. The summed E-state index contributed by atoms with van der Waals surface area (Å²) < 4.78 is 5.20. The number of methoxy groups -OCH3 is 1. The minimum Gasteiger partial charge on any atom is -0.497 e. The van der Waals surface area contributed by atoms with Gasteiger partial charge < -0.3 is 15.0 Å². The molecule has 144 valence electrons. The van der Waals surface area contributed by atoms with Crippen LogP contribution in [0.1, 0.15) is 54.5 Å². The summed E-state index contributed by atoms with van der Waals surface area (Å²) in [5.74, 6) is 1.88. The lowest BCUT2D eigenvalue weighted by molar-refractivity contribution is 0.0713. The second kappa shape index (κ2) is 8.37. The van der Waals surface area contributed by atoms with Crippen molar-refractivity contribution in [2.45, 2.75) is 45.6 Å². The monoisotopic (exact) mass is 368 g/mol. The molecule has 1 aromatic carbocycles. The third-order valence-corrected chi connectivity index (χ3v) is 4.91. The molecular formula is C21H28N4O2. The highest BCUT2D eigenvalue weighted by Crippen LogP contribution is 2.21. The van der Waals surface area contributed by atoms with Crippen LogP contribution < -0.4 is 10.1 Å². The molecule has 1 atom stereocenters. The van der Waals surface area contributed by atoms with Crippen molar-refractivity contribution in [1.29, 1.82) is 0 Å². The predicted molar refractivity (Wildman–Crippen MR) is 106 cm³/mol. The molecule has 1 fully saturated rings. The highest BCUT2D eigenvalue weighted by molar-refractivity contribution is 5.95. The number of aryl methyl sites for hydroxylation is 1. The maximum absolute atomic E-state index is 13.0. The summed E-state index contributed by atoms with van der Waals surface area (Å²) in [4.78, 5) is 23.8. The second-order valence-corrected chi connectivity index (χ2v) is 7.35. The number of hydrogen-bond donors (Lipinski definition) is 1. The first-order chi connectivity index (χ1) is 13.0. The van der Waals surface area contributed by atoms with E-state index in [0.717, 1.165) is 42.3 Å². The summed E-state index contributed by atoms with van der Waals surface area (Å²) in [6.07, 6.45) is 3.70. The highest BCUT2D eigenvalue weighted by Gasteiger charge is 2.26. The Morgan fingerprint density at radius 3 is 2.67 bits per heavy atom. The number of aromatic nitrogens is 2. The van der Waals surface area contributed by atoms with Gasteiger partial charge in [-0.05, 0) is 44.0 Å². The van der Waals surface area contributed by atoms with Crippen LogP contribution in [0.25, 0.3) is 0 Å². The van der Waals surface area contributed by atoms with Crippen molar-refractivity contribution in [2.24, 2.45) is 0 Å². The van der Waals surface area contributed by atoms with Crippen LogP contribution in [0.15, 0.2) is 30.5 Å². The van der Waals surface area contributed by atoms with Crippen LogP contribution in [0.3, 0.4) is 0 Å². The van der Waals surface area contributed by atoms with Gasteiger partial charge in [0.05, 0.1) is 18.4 Å². The quantitative estimate of drug-likeness (QED) is 0.873. The number of benzene rings is 1. The summed E-state index contributed by atoms with van der Waals surface area (Å²) in [6, 6.07) is 8.10. The summed E-state index contributed by atoms with van der Waals surface area (Å²) in [5, 5.41) is 3.53. The van der Waals surface area contributed by atoms with Gasteiger partial charge in [0, 0.05) is 36.9 Å². The molecule has 6 heteroatoms. The van der Waals surface area contributed by atoms with E-state index < -0.39 is 0 Å². The van der Waals surface area contributed by atoms with Gasteiger partial charge in [-0.1, -0.05) is 13.8 Å². The molecule has 0 radical (unpaired) electrons. The average Bonchev–Trinajstić information content (AvgIpc) is 2.68. The van der Waals surface area contributed by atoms with E-state index >= 15 is 0 Å². The van der Waals surface area contributed by atoms with Crippen LogP contribution in [-0.4, -0.2) is 47.0 Å². The number of rotatable bonds is 5. The van der Waals surface area contributed by atoms with Crippen molar-refractivity contribution in [3.63, 3.8) is 0 Å². The van der Waals surface area contributed by atoms with Crippen molar-refractivity contribution in [3.8, 4) is 5.75 Å². The predicted octanol–water partition coefficient (Wildman–Crippen LogP) is 3.63. The van der Waals surface area contributed by atoms with Crippen molar-refractivity contribution in [2.75, 3.05) is 25.5 Å². The lowest BCUT2D eigenvalue weighted by Crippen LogP contribution is -2.45. The number of carbonyl (C=O) groups is 1. The molecule has 1 aliphatic heterocycles. The Labute approximate surface area is 161 Å². The third-order valence-electron chi connectivity index (χ3n) is 4.91. The molecule has 0 spiro atoms. The van der Waals surface area contributed by atoms with Crippen LogP contribution in [0, 0.1) is 6.92 Å². The van der Waals surface area contributed by atoms with Crippen molar-refractivity contribution in [3.05, 3.63) is 47.5 Å². The van der Waals surface area contributed by atoms with E-state index in [2.05, 4.69) is 29.1 Å². The molecule has 3 rings (SSSR count). The smallest absolute Gasteiger partial charge is 0.257 e. The Morgan fingerprint density at radius 2 is 2.04 bits per heavy atom. The number of anilines is 1. The van der Waals surface area contributed by atoms with E-state index in [0.29, 0.717) is 12.1 Å². The van der Waals surface area contributed by atoms with Gasteiger partial charge in [-0.15, -0.1) is 0 Å². The van der Waals surface area contributed by atoms with Crippen LogP contribution in [0.5, 0.6) is 5.75 Å². The molecule has 1 saturated heterocycles. The number of carbonyl (C=O) groups excluding carboxylic acids is 1. The first-order valence-electron chi connectivity index (χ1n) is 9.51. The van der Waals surface area contributed by atoms with Gasteiger partial charge in [-0.3, -0.25) is 4.79 Å². The standard InChI is InChI=1S/C21H28N4O2/c1-14(2)20-22-12-19(15(3)23-20)21(26)25-11-5-6-17(13-25)24-16-7-9-18(27-4)10-8-16/h7-10,12,14,17,24H,5-6,11,13H2,1-4H3. The van der Waals surface area contributed by atoms with Gasteiger partial charge >= 0.3 is 0 Å². The Kier molecular flexibility index (Phi) is 5.94. The molecule has 1 N–H and O–H groups in total. The molecule has 2 heterocycles. The van der Waals surface area contributed by atoms with E-state index in [9.17, 15) is 4.79 Å². The van der Waals surface area contributed by atoms with E-state index in [4.69, 9.17) is 4.74 Å². The topological polar surface area (TPSA) is 67.3 Å². The number of hydrogen-bond acceptors (Lipinski definition) is 5. The zero-order valence-corrected chi connectivity index (χ0v) is 16.5. The Bertz CT molecular complexity index is 789. The van der Waals surface area contributed by atoms with Crippen molar-refractivity contribution >= 4 is 11.6 Å². The summed E-state index contributed by atoms with van der Waals surface area (Å²) in [7, 11) is 1.66. The highest BCUT2D eigenvalue weighted by atomic mass is 16.5. The minimum atomic E-state index is 0.0176. The van der Waals surface area contributed by atoms with Gasteiger partial charge in [0.15, 0.2) is 0 Å². The number of likely N-dealkylation sites (tertiary alicyclic amines) is 1. The van der Waals surface area contributed by atoms with Gasteiger partial charge in [-0.2, -0.15) is 0 Å². The molecule has 2 aromatic rings. The van der Waals surface area contributed by atoms with Crippen LogP contribution >= 0.6 is 0 Å². The van der Waals surface area contributed by atoms with Crippen LogP contribution in [0.2, 0.25) is 0 Å². The van der Waals surface area contributed by atoms with Crippen LogP contribution in [-0.2, 0) is 0 Å². The van der Waals surface area contributed by atoms with E-state index in [1.165, 1.54) is 0 Å². The lowest BCUT2D eigenvalue weighted by atomic mass is 10.0. The zero-order chi connectivity index (χ0) is 19.4. The molecule has 0 aliphatic carbocycles. The van der Waals surface area contributed by atoms with Crippen molar-refractivity contribution < 1.29 is 9.53 Å². The largest absolute Gasteiger partial charge is 0.497 e. The van der Waals surface area contributed by atoms with Gasteiger partial charge in [0.25, 0.3) is 5.91 Å². The molecule has 1 unspecified atom stereocenters. The first-order valence-corrected chi connectivity index (χ1v) is 9.51. The SMILES string of the molecule is COc1ccc(NC2CCCN(C(=O)c3cnc(C(C)C)nc3C)C2)cc1. The first kappa shape index (κ1) is 19.1. The summed E-state index contributed by atoms with van der Waals surface area (Å²) in [6.45, 7) is 7.44.